The van der Waals surface area contributed by atoms with E-state index in [0.29, 0.717) is 11.8 Å². The Labute approximate surface area is 213 Å². The first-order chi connectivity index (χ1) is 16.3. The molecule has 1 aromatic rings. The van der Waals surface area contributed by atoms with Crippen LogP contribution in [0.15, 0.2) is 5.38 Å². The summed E-state index contributed by atoms with van der Waals surface area (Å²) in [6.45, 7) is 9.27. The Bertz CT molecular complexity index is 478. The van der Waals surface area contributed by atoms with E-state index in [0.717, 1.165) is 0 Å². The van der Waals surface area contributed by atoms with E-state index in [4.69, 9.17) is 4.98 Å². The molecule has 0 spiro atoms. The van der Waals surface area contributed by atoms with Crippen LogP contribution in [0.2, 0.25) is 0 Å². The first kappa shape index (κ1) is 30.7. The quantitative estimate of drug-likeness (QED) is 0.135. The van der Waals surface area contributed by atoms with E-state index >= 15 is 0 Å². The summed E-state index contributed by atoms with van der Waals surface area (Å²) in [5.74, 6) is 1.42. The second-order valence-electron chi connectivity index (χ2n) is 10.6. The zero-order valence-electron chi connectivity index (χ0n) is 23.1. The Kier molecular flexibility index (Phi) is 20.5. The third-order valence-electron chi connectivity index (χ3n) is 7.43. The van der Waals surface area contributed by atoms with Crippen molar-refractivity contribution in [1.82, 2.24) is 4.98 Å². The van der Waals surface area contributed by atoms with E-state index in [1.165, 1.54) is 152 Å². The Morgan fingerprint density at radius 1 is 0.515 bits per heavy atom. The summed E-state index contributed by atoms with van der Waals surface area (Å²) in [4.78, 5) is 5.36. The maximum atomic E-state index is 5.36. The van der Waals surface area contributed by atoms with Gasteiger partial charge in [-0.15, -0.1) is 11.3 Å². The van der Waals surface area contributed by atoms with Gasteiger partial charge in [0.2, 0.25) is 0 Å². The van der Waals surface area contributed by atoms with Gasteiger partial charge in [-0.1, -0.05) is 143 Å². The molecule has 1 rings (SSSR count). The molecule has 0 radical (unpaired) electrons. The van der Waals surface area contributed by atoms with Gasteiger partial charge in [-0.2, -0.15) is 0 Å². The second-order valence-corrected chi connectivity index (χ2v) is 11.5. The lowest BCUT2D eigenvalue weighted by Crippen LogP contribution is -2.03. The number of aromatic nitrogens is 1. The van der Waals surface area contributed by atoms with Crippen LogP contribution >= 0.6 is 11.3 Å². The molecule has 1 heterocycles. The van der Waals surface area contributed by atoms with E-state index in [2.05, 4.69) is 33.1 Å². The highest BCUT2D eigenvalue weighted by Crippen LogP contribution is 2.35. The van der Waals surface area contributed by atoms with Gasteiger partial charge in [0.1, 0.15) is 0 Å². The number of hydrogen-bond acceptors (Lipinski definition) is 2. The summed E-state index contributed by atoms with van der Waals surface area (Å²) in [6.07, 6.45) is 30.4. The first-order valence-electron chi connectivity index (χ1n) is 15.2. The minimum absolute atomic E-state index is 0.707. The number of nitrogens with zero attached hydrogens (tertiary/aromatic N) is 1. The third kappa shape index (κ3) is 15.3. The fourth-order valence-electron chi connectivity index (χ4n) is 5.13. The van der Waals surface area contributed by atoms with E-state index in [9.17, 15) is 0 Å². The Morgan fingerprint density at radius 3 is 1.30 bits per heavy atom. The van der Waals surface area contributed by atoms with Crippen molar-refractivity contribution in [3.8, 4) is 0 Å². The van der Waals surface area contributed by atoms with Gasteiger partial charge in [-0.25, -0.2) is 4.98 Å². The van der Waals surface area contributed by atoms with Crippen LogP contribution in [0, 0.1) is 0 Å². The summed E-state index contributed by atoms with van der Waals surface area (Å²) in [5.41, 5.74) is 1.45. The van der Waals surface area contributed by atoms with Crippen LogP contribution in [0.3, 0.4) is 0 Å². The Hall–Kier alpha value is -0.370. The summed E-state index contributed by atoms with van der Waals surface area (Å²) < 4.78 is 0. The molecule has 0 saturated heterocycles. The van der Waals surface area contributed by atoms with Gasteiger partial charge in [-0.05, 0) is 25.7 Å². The fourth-order valence-corrected chi connectivity index (χ4v) is 6.20. The normalized spacial score (nSPS) is 13.5. The van der Waals surface area contributed by atoms with Gasteiger partial charge >= 0.3 is 0 Å². The lowest BCUT2D eigenvalue weighted by molar-refractivity contribution is 0.477. The molecule has 0 N–H and O–H groups in total. The van der Waals surface area contributed by atoms with Crippen molar-refractivity contribution in [1.29, 1.82) is 0 Å². The maximum Gasteiger partial charge on any atom is 0.0959 e. The summed E-state index contributed by atoms with van der Waals surface area (Å²) in [7, 11) is 0. The van der Waals surface area contributed by atoms with E-state index in [-0.39, 0.29) is 0 Å². The van der Waals surface area contributed by atoms with Crippen LogP contribution in [0.5, 0.6) is 0 Å². The number of unbranched alkanes of at least 4 members (excludes halogenated alkanes) is 14. The van der Waals surface area contributed by atoms with Crippen molar-refractivity contribution >= 4 is 11.3 Å². The summed E-state index contributed by atoms with van der Waals surface area (Å²) in [6, 6.07) is 0. The minimum Gasteiger partial charge on any atom is -0.246 e. The number of hydrogen-bond donors (Lipinski definition) is 0. The van der Waals surface area contributed by atoms with Crippen LogP contribution in [-0.2, 0) is 0 Å². The molecule has 0 saturated carbocycles. The maximum absolute atomic E-state index is 5.36. The molecule has 0 bridgehead atoms. The Balaban J connectivity index is 2.71. The van der Waals surface area contributed by atoms with Gasteiger partial charge in [0.05, 0.1) is 10.7 Å². The molecule has 0 fully saturated rings. The molecule has 0 aliphatic carbocycles. The topological polar surface area (TPSA) is 12.9 Å². The third-order valence-corrected chi connectivity index (χ3v) is 8.46. The van der Waals surface area contributed by atoms with Gasteiger partial charge in [0, 0.05) is 17.2 Å². The molecule has 0 aliphatic rings. The lowest BCUT2D eigenvalue weighted by atomic mass is 9.91. The van der Waals surface area contributed by atoms with Crippen LogP contribution in [-0.4, -0.2) is 4.98 Å². The van der Waals surface area contributed by atoms with Gasteiger partial charge < -0.3 is 0 Å². The molecule has 2 atom stereocenters. The molecule has 33 heavy (non-hydrogen) atoms. The van der Waals surface area contributed by atoms with Crippen molar-refractivity contribution in [2.45, 2.75) is 181 Å². The molecule has 0 aliphatic heterocycles. The molecule has 2 heteroatoms. The van der Waals surface area contributed by atoms with Gasteiger partial charge in [-0.3, -0.25) is 0 Å². The van der Waals surface area contributed by atoms with Crippen molar-refractivity contribution in [3.63, 3.8) is 0 Å². The predicted octanol–water partition coefficient (Wildman–Crippen LogP) is 12.0. The van der Waals surface area contributed by atoms with Gasteiger partial charge in [0.25, 0.3) is 0 Å². The molecule has 0 amide bonds. The average Bonchev–Trinajstić information content (AvgIpc) is 3.31. The van der Waals surface area contributed by atoms with E-state index in [1.54, 1.807) is 0 Å². The zero-order valence-corrected chi connectivity index (χ0v) is 24.0. The van der Waals surface area contributed by atoms with Crippen LogP contribution < -0.4 is 0 Å². The van der Waals surface area contributed by atoms with Crippen molar-refractivity contribution < 1.29 is 0 Å². The first-order valence-corrected chi connectivity index (χ1v) is 16.1. The predicted molar refractivity (Wildman–Crippen MR) is 152 cm³/mol. The smallest absolute Gasteiger partial charge is 0.0959 e. The largest absolute Gasteiger partial charge is 0.246 e. The van der Waals surface area contributed by atoms with Crippen molar-refractivity contribution in [2.75, 3.05) is 0 Å². The zero-order chi connectivity index (χ0) is 24.0. The molecular formula is C31H59NS. The Morgan fingerprint density at radius 2 is 0.879 bits per heavy atom. The minimum atomic E-state index is 0.707. The van der Waals surface area contributed by atoms with Crippen molar-refractivity contribution in [3.05, 3.63) is 16.1 Å². The second kappa shape index (κ2) is 22.1. The summed E-state index contributed by atoms with van der Waals surface area (Å²) >= 11 is 2.00. The number of rotatable bonds is 24. The average molecular weight is 478 g/mol. The molecule has 2 unspecified atom stereocenters. The summed E-state index contributed by atoms with van der Waals surface area (Å²) in [5, 5.41) is 3.93. The van der Waals surface area contributed by atoms with E-state index in [1.807, 2.05) is 11.3 Å². The highest BCUT2D eigenvalue weighted by Gasteiger charge is 2.19. The highest BCUT2D eigenvalue weighted by atomic mass is 32.1. The molecule has 194 valence electrons. The highest BCUT2D eigenvalue weighted by molar-refractivity contribution is 7.09. The van der Waals surface area contributed by atoms with E-state index < -0.39 is 0 Å². The van der Waals surface area contributed by atoms with Crippen molar-refractivity contribution in [2.24, 2.45) is 0 Å². The molecule has 1 aromatic heterocycles. The molecule has 0 aromatic carbocycles. The van der Waals surface area contributed by atoms with Crippen LogP contribution in [0.25, 0.3) is 0 Å². The SMILES string of the molecule is CCCCCCCC(CCCCCC)c1csc(C(CCCCCC)CCCCCCC)n1. The van der Waals surface area contributed by atoms with Crippen LogP contribution in [0.4, 0.5) is 0 Å². The molecular weight excluding hydrogens is 418 g/mol. The standard InChI is InChI=1S/C31H59NS/c1-5-9-13-17-21-24-28(23-19-15-11-7-3)30-27-33-31(32-30)29(25-20-16-12-8-4)26-22-18-14-10-6-2/h27-29H,5-26H2,1-4H3. The number of thiazole rings is 1. The van der Waals surface area contributed by atoms with Crippen LogP contribution in [0.1, 0.15) is 191 Å². The molecule has 1 nitrogen and oxygen atoms in total. The van der Waals surface area contributed by atoms with Gasteiger partial charge in [0.15, 0.2) is 0 Å². The fraction of sp³-hybridized carbons (Fsp3) is 0.903. The monoisotopic (exact) mass is 477 g/mol. The lowest BCUT2D eigenvalue weighted by Gasteiger charge is -2.16.